The highest BCUT2D eigenvalue weighted by atomic mass is 35.5. The number of carbonyl (C=O) groups is 3. The molecule has 0 fully saturated rings. The van der Waals surface area contributed by atoms with Gasteiger partial charge in [-0.05, 0) is 60.9 Å². The van der Waals surface area contributed by atoms with E-state index in [0.717, 1.165) is 22.1 Å². The number of esters is 1. The Balaban J connectivity index is 1.50. The van der Waals surface area contributed by atoms with Gasteiger partial charge in [0.1, 0.15) is 22.3 Å². The molecule has 3 aromatic carbocycles. The lowest BCUT2D eigenvalue weighted by molar-refractivity contribution is -0.120. The molecule has 190 valence electrons. The number of carbonyl (C=O) groups excluding carboxylic acids is 3. The van der Waals surface area contributed by atoms with E-state index in [9.17, 15) is 18.8 Å². The second-order valence-corrected chi connectivity index (χ2v) is 10.4. The number of ether oxygens (including phenoxy) is 1. The van der Waals surface area contributed by atoms with Crippen LogP contribution in [0.15, 0.2) is 71.4 Å². The van der Waals surface area contributed by atoms with E-state index in [-0.39, 0.29) is 26.9 Å². The van der Waals surface area contributed by atoms with Crippen LogP contribution in [0.1, 0.15) is 42.3 Å². The summed E-state index contributed by atoms with van der Waals surface area (Å²) in [6, 6.07) is 15.3. The molecule has 1 heterocycles. The molecule has 0 aliphatic carbocycles. The van der Waals surface area contributed by atoms with Crippen LogP contribution in [-0.2, 0) is 15.0 Å². The fraction of sp³-hybridized carbons (Fsp3) is 0.179. The van der Waals surface area contributed by atoms with Gasteiger partial charge in [-0.2, -0.15) is 0 Å². The molecular formula is C28H23Cl2FN2O4. The van der Waals surface area contributed by atoms with Crippen LogP contribution in [-0.4, -0.2) is 17.8 Å². The largest absolute Gasteiger partial charge is 0.423 e. The molecule has 1 aliphatic heterocycles. The summed E-state index contributed by atoms with van der Waals surface area (Å²) in [4.78, 5) is 39.2. The van der Waals surface area contributed by atoms with Crippen LogP contribution in [0.25, 0.3) is 0 Å². The van der Waals surface area contributed by atoms with Crippen LogP contribution in [0.3, 0.4) is 0 Å². The lowest BCUT2D eigenvalue weighted by atomic mass is 9.85. The number of rotatable bonds is 5. The monoisotopic (exact) mass is 540 g/mol. The van der Waals surface area contributed by atoms with E-state index in [2.05, 4.69) is 5.32 Å². The van der Waals surface area contributed by atoms with Crippen LogP contribution >= 0.6 is 23.2 Å². The quantitative estimate of drug-likeness (QED) is 0.220. The molecule has 2 amide bonds. The fourth-order valence-corrected chi connectivity index (χ4v) is 4.17. The zero-order valence-corrected chi connectivity index (χ0v) is 22.0. The predicted octanol–water partition coefficient (Wildman–Crippen LogP) is 6.74. The van der Waals surface area contributed by atoms with Gasteiger partial charge >= 0.3 is 5.97 Å². The van der Waals surface area contributed by atoms with Crippen molar-refractivity contribution >= 4 is 52.4 Å². The van der Waals surface area contributed by atoms with E-state index in [1.807, 2.05) is 39.8 Å². The molecule has 0 aromatic heterocycles. The van der Waals surface area contributed by atoms with Crippen LogP contribution < -0.4 is 15.0 Å². The van der Waals surface area contributed by atoms with Crippen LogP contribution in [0, 0.1) is 12.7 Å². The zero-order chi connectivity index (χ0) is 27.1. The fourth-order valence-electron chi connectivity index (χ4n) is 3.78. The van der Waals surface area contributed by atoms with Crippen molar-refractivity contribution in [3.05, 3.63) is 98.9 Å². The van der Waals surface area contributed by atoms with Gasteiger partial charge in [0, 0.05) is 11.3 Å². The van der Waals surface area contributed by atoms with Crippen molar-refractivity contribution in [2.75, 3.05) is 10.2 Å². The first-order valence-electron chi connectivity index (χ1n) is 11.3. The van der Waals surface area contributed by atoms with Gasteiger partial charge in [0.15, 0.2) is 0 Å². The molecule has 37 heavy (non-hydrogen) atoms. The van der Waals surface area contributed by atoms with Crippen molar-refractivity contribution < 1.29 is 23.5 Å². The normalized spacial score (nSPS) is 13.9. The third kappa shape index (κ3) is 5.38. The minimum atomic E-state index is -0.773. The number of benzene rings is 3. The van der Waals surface area contributed by atoms with Crippen molar-refractivity contribution in [1.82, 2.24) is 0 Å². The molecule has 0 radical (unpaired) electrons. The SMILES string of the molecule is Cc1ccc(OC(=O)c2ccc(NC3=C(Cl)C(=O)N(c4ccc(F)c(Cl)c4)C3=O)cc2)c(C(C)(C)C)c1. The second-order valence-electron chi connectivity index (χ2n) is 9.57. The molecule has 0 saturated carbocycles. The standard InChI is InChI=1S/C28H23Cl2FN2O4/c1-15-5-12-22(19(13-15)28(2,3)4)37-27(36)16-6-8-17(9-7-16)32-24-23(30)25(34)33(26(24)35)18-10-11-21(31)20(29)14-18/h5-14,32H,1-4H3. The average molecular weight is 541 g/mol. The molecule has 6 nitrogen and oxygen atoms in total. The van der Waals surface area contributed by atoms with Crippen molar-refractivity contribution in [2.24, 2.45) is 0 Å². The molecule has 0 atom stereocenters. The molecule has 0 unspecified atom stereocenters. The first-order valence-corrected chi connectivity index (χ1v) is 12.1. The second kappa shape index (κ2) is 10.00. The van der Waals surface area contributed by atoms with Gasteiger partial charge in [-0.3, -0.25) is 9.59 Å². The Hall–Kier alpha value is -3.68. The number of anilines is 2. The number of imide groups is 1. The Morgan fingerprint density at radius 2 is 1.62 bits per heavy atom. The van der Waals surface area contributed by atoms with Crippen molar-refractivity contribution in [1.29, 1.82) is 0 Å². The van der Waals surface area contributed by atoms with Gasteiger partial charge in [0.25, 0.3) is 11.8 Å². The Morgan fingerprint density at radius 1 is 0.946 bits per heavy atom. The predicted molar refractivity (Wildman–Crippen MR) is 142 cm³/mol. The minimum absolute atomic E-state index is 0.0835. The van der Waals surface area contributed by atoms with Gasteiger partial charge in [-0.15, -0.1) is 0 Å². The average Bonchev–Trinajstić information content (AvgIpc) is 3.05. The zero-order valence-electron chi connectivity index (χ0n) is 20.5. The van der Waals surface area contributed by atoms with Gasteiger partial charge in [0.05, 0.1) is 16.3 Å². The number of hydrogen-bond donors (Lipinski definition) is 1. The summed E-state index contributed by atoms with van der Waals surface area (Å²) in [6.45, 7) is 8.10. The maximum atomic E-state index is 13.5. The molecule has 0 saturated heterocycles. The molecule has 0 bridgehead atoms. The van der Waals surface area contributed by atoms with E-state index >= 15 is 0 Å². The summed E-state index contributed by atoms with van der Waals surface area (Å²) in [5.74, 6) is -2.24. The van der Waals surface area contributed by atoms with Crippen molar-refractivity contribution in [3.63, 3.8) is 0 Å². The third-order valence-corrected chi connectivity index (χ3v) is 6.36. The number of halogens is 3. The lowest BCUT2D eigenvalue weighted by Gasteiger charge is -2.22. The summed E-state index contributed by atoms with van der Waals surface area (Å²) in [6.07, 6.45) is 0. The number of aryl methyl sites for hydroxylation is 1. The number of amides is 2. The van der Waals surface area contributed by atoms with Crippen LogP contribution in [0.5, 0.6) is 5.75 Å². The Bertz CT molecular complexity index is 1460. The number of nitrogens with zero attached hydrogens (tertiary/aromatic N) is 1. The van der Waals surface area contributed by atoms with Gasteiger partial charge < -0.3 is 10.1 Å². The van der Waals surface area contributed by atoms with Gasteiger partial charge in [0.2, 0.25) is 0 Å². The Morgan fingerprint density at radius 3 is 2.24 bits per heavy atom. The topological polar surface area (TPSA) is 75.7 Å². The van der Waals surface area contributed by atoms with E-state index < -0.39 is 23.6 Å². The minimum Gasteiger partial charge on any atom is -0.423 e. The van der Waals surface area contributed by atoms with Crippen LogP contribution in [0.2, 0.25) is 5.02 Å². The highest BCUT2D eigenvalue weighted by molar-refractivity contribution is 6.53. The third-order valence-electron chi connectivity index (χ3n) is 5.72. The summed E-state index contributed by atoms with van der Waals surface area (Å²) in [5.41, 5.74) is 2.39. The van der Waals surface area contributed by atoms with E-state index in [0.29, 0.717) is 17.0 Å². The first kappa shape index (κ1) is 26.4. The summed E-state index contributed by atoms with van der Waals surface area (Å²) < 4.78 is 19.2. The summed E-state index contributed by atoms with van der Waals surface area (Å²) in [5, 5.41) is 2.26. The lowest BCUT2D eigenvalue weighted by Crippen LogP contribution is -2.32. The molecule has 1 N–H and O–H groups in total. The van der Waals surface area contributed by atoms with Gasteiger partial charge in [-0.1, -0.05) is 61.7 Å². The number of nitrogens with one attached hydrogen (secondary N) is 1. The maximum Gasteiger partial charge on any atom is 0.343 e. The van der Waals surface area contributed by atoms with Crippen molar-refractivity contribution in [3.8, 4) is 5.75 Å². The molecule has 3 aromatic rings. The smallest absolute Gasteiger partial charge is 0.343 e. The highest BCUT2D eigenvalue weighted by Gasteiger charge is 2.39. The summed E-state index contributed by atoms with van der Waals surface area (Å²) >= 11 is 11.9. The molecule has 0 spiro atoms. The van der Waals surface area contributed by atoms with E-state index in [1.165, 1.54) is 24.3 Å². The van der Waals surface area contributed by atoms with E-state index in [4.69, 9.17) is 27.9 Å². The van der Waals surface area contributed by atoms with E-state index in [1.54, 1.807) is 18.2 Å². The van der Waals surface area contributed by atoms with Crippen LogP contribution in [0.4, 0.5) is 15.8 Å². The van der Waals surface area contributed by atoms with Crippen molar-refractivity contribution in [2.45, 2.75) is 33.1 Å². The molecule has 9 heteroatoms. The molecule has 4 rings (SSSR count). The molecular weight excluding hydrogens is 518 g/mol. The highest BCUT2D eigenvalue weighted by Crippen LogP contribution is 2.34. The Kier molecular flexibility index (Phi) is 7.13. The molecule has 1 aliphatic rings. The Labute approximate surface area is 223 Å². The maximum absolute atomic E-state index is 13.5. The summed E-state index contributed by atoms with van der Waals surface area (Å²) in [7, 11) is 0. The number of hydrogen-bond acceptors (Lipinski definition) is 5. The first-order chi connectivity index (χ1) is 17.4. The van der Waals surface area contributed by atoms with Gasteiger partial charge in [-0.25, -0.2) is 14.1 Å².